The van der Waals surface area contributed by atoms with Crippen molar-refractivity contribution < 1.29 is 8.83 Å². The third kappa shape index (κ3) is 3.62. The molecule has 29 heavy (non-hydrogen) atoms. The predicted molar refractivity (Wildman–Crippen MR) is 112 cm³/mol. The van der Waals surface area contributed by atoms with Crippen LogP contribution < -0.4 is 0 Å². The summed E-state index contributed by atoms with van der Waals surface area (Å²) >= 11 is 7.72. The van der Waals surface area contributed by atoms with Crippen LogP contribution in [0.3, 0.4) is 0 Å². The molecule has 5 aromatic rings. The molecule has 0 aliphatic carbocycles. The van der Waals surface area contributed by atoms with Crippen LogP contribution >= 0.6 is 23.4 Å². The Bertz CT molecular complexity index is 1290. The number of aromatic nitrogens is 4. The van der Waals surface area contributed by atoms with Crippen LogP contribution in [0, 0.1) is 0 Å². The summed E-state index contributed by atoms with van der Waals surface area (Å²) in [5.41, 5.74) is 1.56. The fourth-order valence-electron chi connectivity index (χ4n) is 2.86. The van der Waals surface area contributed by atoms with Gasteiger partial charge in [0.15, 0.2) is 11.6 Å². The van der Waals surface area contributed by atoms with Crippen molar-refractivity contribution in [2.45, 2.75) is 10.8 Å². The maximum absolute atomic E-state index is 6.21. The highest BCUT2D eigenvalue weighted by atomic mass is 35.5. The first-order valence-corrected chi connectivity index (χ1v) is 10.1. The van der Waals surface area contributed by atoms with Gasteiger partial charge in [-0.2, -0.15) is 0 Å². The minimum absolute atomic E-state index is 0.398. The monoisotopic (exact) mass is 420 g/mol. The van der Waals surface area contributed by atoms with Crippen LogP contribution in [-0.4, -0.2) is 20.2 Å². The van der Waals surface area contributed by atoms with Crippen molar-refractivity contribution in [3.8, 4) is 23.0 Å². The Hall–Kier alpha value is -3.16. The number of para-hydroxylation sites is 1. The maximum Gasteiger partial charge on any atom is 0.249 e. The summed E-state index contributed by atoms with van der Waals surface area (Å²) in [6.45, 7) is 0. The van der Waals surface area contributed by atoms with Crippen molar-refractivity contribution in [2.75, 3.05) is 0 Å². The SMILES string of the molecule is Clc1ccccc1-c1nnc(CSc2nc(-c3ccco3)nc3ccccc23)o1. The van der Waals surface area contributed by atoms with Gasteiger partial charge in [0, 0.05) is 5.39 Å². The van der Waals surface area contributed by atoms with E-state index in [0.29, 0.717) is 39.7 Å². The van der Waals surface area contributed by atoms with Crippen LogP contribution in [-0.2, 0) is 5.75 Å². The molecule has 142 valence electrons. The second-order valence-corrected chi connectivity index (χ2v) is 7.49. The fraction of sp³-hybridized carbons (Fsp3) is 0.0476. The first kappa shape index (κ1) is 17.9. The molecule has 0 unspecified atom stereocenters. The van der Waals surface area contributed by atoms with E-state index in [1.807, 2.05) is 54.6 Å². The second-order valence-electron chi connectivity index (χ2n) is 6.12. The number of furan rings is 1. The van der Waals surface area contributed by atoms with Gasteiger partial charge in [-0.05, 0) is 30.3 Å². The molecule has 0 radical (unpaired) electrons. The summed E-state index contributed by atoms with van der Waals surface area (Å²) < 4.78 is 11.3. The van der Waals surface area contributed by atoms with E-state index in [9.17, 15) is 0 Å². The van der Waals surface area contributed by atoms with Crippen molar-refractivity contribution in [3.05, 3.63) is 77.8 Å². The Labute approximate surface area is 175 Å². The summed E-state index contributed by atoms with van der Waals surface area (Å²) in [6.07, 6.45) is 1.61. The van der Waals surface area contributed by atoms with Crippen LogP contribution in [0.1, 0.15) is 5.89 Å². The van der Waals surface area contributed by atoms with Gasteiger partial charge >= 0.3 is 0 Å². The lowest BCUT2D eigenvalue weighted by Gasteiger charge is -2.06. The minimum atomic E-state index is 0.398. The third-order valence-corrected chi connectivity index (χ3v) is 5.52. The largest absolute Gasteiger partial charge is 0.461 e. The average molecular weight is 421 g/mol. The quantitative estimate of drug-likeness (QED) is 0.259. The van der Waals surface area contributed by atoms with E-state index >= 15 is 0 Å². The van der Waals surface area contributed by atoms with Crippen LogP contribution in [0.4, 0.5) is 0 Å². The Morgan fingerprint density at radius 1 is 0.897 bits per heavy atom. The summed E-state index contributed by atoms with van der Waals surface area (Å²) in [5, 5.41) is 10.6. The highest BCUT2D eigenvalue weighted by molar-refractivity contribution is 7.98. The number of thioether (sulfide) groups is 1. The van der Waals surface area contributed by atoms with Gasteiger partial charge < -0.3 is 8.83 Å². The van der Waals surface area contributed by atoms with Crippen molar-refractivity contribution in [2.24, 2.45) is 0 Å². The first-order valence-electron chi connectivity index (χ1n) is 8.79. The van der Waals surface area contributed by atoms with Crippen LogP contribution in [0.2, 0.25) is 5.02 Å². The number of fused-ring (bicyclic) bond motifs is 1. The molecule has 0 amide bonds. The normalized spacial score (nSPS) is 11.2. The van der Waals surface area contributed by atoms with Crippen molar-refractivity contribution >= 4 is 34.3 Å². The molecule has 3 aromatic heterocycles. The first-order chi connectivity index (χ1) is 14.3. The number of hydrogen-bond acceptors (Lipinski definition) is 7. The Balaban J connectivity index is 1.45. The van der Waals surface area contributed by atoms with Gasteiger partial charge in [0.25, 0.3) is 0 Å². The molecule has 0 aliphatic heterocycles. The zero-order valence-electron chi connectivity index (χ0n) is 14.9. The van der Waals surface area contributed by atoms with Gasteiger partial charge in [-0.1, -0.05) is 53.7 Å². The molecular weight excluding hydrogens is 408 g/mol. The van der Waals surface area contributed by atoms with E-state index in [-0.39, 0.29) is 0 Å². The number of nitrogens with zero attached hydrogens (tertiary/aromatic N) is 4. The third-order valence-electron chi connectivity index (χ3n) is 4.21. The molecule has 6 nitrogen and oxygen atoms in total. The lowest BCUT2D eigenvalue weighted by Crippen LogP contribution is -1.93. The molecule has 0 bridgehead atoms. The predicted octanol–water partition coefficient (Wildman–Crippen LogP) is 5.89. The number of halogens is 1. The molecule has 0 spiro atoms. The lowest BCUT2D eigenvalue weighted by atomic mass is 10.2. The molecule has 2 aromatic carbocycles. The molecule has 0 fully saturated rings. The number of hydrogen-bond donors (Lipinski definition) is 0. The number of benzene rings is 2. The van der Waals surface area contributed by atoms with Gasteiger partial charge in [-0.25, -0.2) is 9.97 Å². The second kappa shape index (κ2) is 7.69. The molecular formula is C21H13ClN4O2S. The van der Waals surface area contributed by atoms with E-state index in [0.717, 1.165) is 15.9 Å². The highest BCUT2D eigenvalue weighted by Gasteiger charge is 2.15. The molecule has 0 aliphatic rings. The lowest BCUT2D eigenvalue weighted by molar-refractivity contribution is 0.528. The van der Waals surface area contributed by atoms with E-state index in [2.05, 4.69) is 20.2 Å². The van der Waals surface area contributed by atoms with Crippen molar-refractivity contribution in [1.29, 1.82) is 0 Å². The van der Waals surface area contributed by atoms with Crippen molar-refractivity contribution in [1.82, 2.24) is 20.2 Å². The van der Waals surface area contributed by atoms with E-state index in [1.165, 1.54) is 11.8 Å². The fourth-order valence-corrected chi connectivity index (χ4v) is 3.93. The smallest absolute Gasteiger partial charge is 0.249 e. The highest BCUT2D eigenvalue weighted by Crippen LogP contribution is 2.32. The van der Waals surface area contributed by atoms with Gasteiger partial charge in [-0.15, -0.1) is 10.2 Å². The molecule has 3 heterocycles. The van der Waals surface area contributed by atoms with Crippen molar-refractivity contribution in [3.63, 3.8) is 0 Å². The zero-order valence-corrected chi connectivity index (χ0v) is 16.5. The molecule has 0 atom stereocenters. The minimum Gasteiger partial charge on any atom is -0.461 e. The Morgan fingerprint density at radius 2 is 1.76 bits per heavy atom. The molecule has 8 heteroatoms. The standard InChI is InChI=1S/C21H13ClN4O2S/c22-15-8-3-1-6-13(15)20-26-25-18(28-20)12-29-21-14-7-2-4-9-16(14)23-19(24-21)17-10-5-11-27-17/h1-11H,12H2. The summed E-state index contributed by atoms with van der Waals surface area (Å²) in [7, 11) is 0. The van der Waals surface area contributed by atoms with Crippen LogP contribution in [0.25, 0.3) is 33.9 Å². The topological polar surface area (TPSA) is 77.8 Å². The summed E-state index contributed by atoms with van der Waals surface area (Å²) in [5.74, 6) is 2.52. The van der Waals surface area contributed by atoms with Gasteiger partial charge in [0.05, 0.1) is 28.1 Å². The van der Waals surface area contributed by atoms with E-state index in [1.54, 1.807) is 12.3 Å². The zero-order chi connectivity index (χ0) is 19.6. The average Bonchev–Trinajstić information content (AvgIpc) is 3.44. The van der Waals surface area contributed by atoms with E-state index < -0.39 is 0 Å². The number of rotatable bonds is 5. The van der Waals surface area contributed by atoms with Gasteiger partial charge in [0.1, 0.15) is 5.03 Å². The Morgan fingerprint density at radius 3 is 2.62 bits per heavy atom. The van der Waals surface area contributed by atoms with Gasteiger partial charge in [0.2, 0.25) is 11.8 Å². The Kier molecular flexibility index (Phi) is 4.75. The maximum atomic E-state index is 6.21. The van der Waals surface area contributed by atoms with E-state index in [4.69, 9.17) is 20.4 Å². The molecule has 0 N–H and O–H groups in total. The molecule has 5 rings (SSSR count). The summed E-state index contributed by atoms with van der Waals surface area (Å²) in [4.78, 5) is 9.29. The summed E-state index contributed by atoms with van der Waals surface area (Å²) in [6, 6.07) is 18.9. The van der Waals surface area contributed by atoms with Gasteiger partial charge in [-0.3, -0.25) is 0 Å². The van der Waals surface area contributed by atoms with Crippen LogP contribution in [0.15, 0.2) is 80.8 Å². The van der Waals surface area contributed by atoms with Crippen LogP contribution in [0.5, 0.6) is 0 Å². The molecule has 0 saturated heterocycles. The molecule has 0 saturated carbocycles.